The molecule has 2 rings (SSSR count). The molecule has 0 saturated carbocycles. The van der Waals surface area contributed by atoms with E-state index in [1.54, 1.807) is 18.2 Å². The molecule has 1 unspecified atom stereocenters. The Morgan fingerprint density at radius 3 is 2.50 bits per heavy atom. The van der Waals surface area contributed by atoms with Crippen LogP contribution in [0.5, 0.6) is 0 Å². The molecule has 2 aromatic carbocycles. The predicted molar refractivity (Wildman–Crippen MR) is 92.4 cm³/mol. The van der Waals surface area contributed by atoms with Crippen molar-refractivity contribution in [3.63, 3.8) is 0 Å². The summed E-state index contributed by atoms with van der Waals surface area (Å²) in [6.07, 6.45) is 0.913. The zero-order valence-corrected chi connectivity index (χ0v) is 14.6. The fraction of sp³-hybridized carbons (Fsp3) is 0.250. The van der Waals surface area contributed by atoms with E-state index in [1.807, 2.05) is 12.1 Å². The molecule has 0 fully saturated rings. The number of rotatable bonds is 5. The Balaban J connectivity index is 2.44. The number of sulfonamides is 1. The summed E-state index contributed by atoms with van der Waals surface area (Å²) in [4.78, 5) is -0.0272. The quantitative estimate of drug-likeness (QED) is 0.788. The third-order valence-corrected chi connectivity index (χ3v) is 5.61. The minimum absolute atomic E-state index is 0.0272. The molecule has 22 heavy (non-hydrogen) atoms. The summed E-state index contributed by atoms with van der Waals surface area (Å²) in [5, 5.41) is 0.456. The number of anilines is 1. The number of nitrogens with one attached hydrogen (secondary N) is 1. The number of hydrogen-bond donors (Lipinski definition) is 1. The minimum atomic E-state index is -3.80. The maximum absolute atomic E-state index is 12.6. The Hall–Kier alpha value is -1.23. The highest BCUT2D eigenvalue weighted by molar-refractivity contribution is 7.92. The van der Waals surface area contributed by atoms with Crippen LogP contribution in [0.25, 0.3) is 0 Å². The third-order valence-electron chi connectivity index (χ3n) is 3.53. The molecule has 2 aromatic rings. The highest BCUT2D eigenvalue weighted by atomic mass is 35.5. The Morgan fingerprint density at radius 1 is 1.14 bits per heavy atom. The molecule has 0 radical (unpaired) electrons. The second-order valence-electron chi connectivity index (χ2n) is 5.08. The Labute approximate surface area is 141 Å². The fourth-order valence-electron chi connectivity index (χ4n) is 2.12. The van der Waals surface area contributed by atoms with Gasteiger partial charge in [0.2, 0.25) is 0 Å². The minimum Gasteiger partial charge on any atom is -0.279 e. The second-order valence-corrected chi connectivity index (χ2v) is 7.57. The second kappa shape index (κ2) is 6.90. The molecule has 1 N–H and O–H groups in total. The lowest BCUT2D eigenvalue weighted by Crippen LogP contribution is -2.15. The zero-order valence-electron chi connectivity index (χ0n) is 12.3. The van der Waals surface area contributed by atoms with E-state index in [4.69, 9.17) is 23.2 Å². The number of benzene rings is 2. The molecule has 0 aromatic heterocycles. The lowest BCUT2D eigenvalue weighted by Gasteiger charge is -2.17. The van der Waals surface area contributed by atoms with Gasteiger partial charge in [-0.05, 0) is 42.2 Å². The van der Waals surface area contributed by atoms with Gasteiger partial charge >= 0.3 is 0 Å². The van der Waals surface area contributed by atoms with Crippen LogP contribution in [0, 0.1) is 0 Å². The van der Waals surface area contributed by atoms with E-state index in [-0.39, 0.29) is 15.8 Å². The predicted octanol–water partition coefficient (Wildman–Crippen LogP) is 5.31. The van der Waals surface area contributed by atoms with Gasteiger partial charge in [-0.3, -0.25) is 4.72 Å². The van der Waals surface area contributed by atoms with Crippen molar-refractivity contribution in [3.05, 3.63) is 58.1 Å². The Morgan fingerprint density at radius 2 is 1.82 bits per heavy atom. The molecule has 0 amide bonds. The molecule has 0 heterocycles. The van der Waals surface area contributed by atoms with Crippen LogP contribution in [0.4, 0.5) is 5.69 Å². The van der Waals surface area contributed by atoms with Crippen molar-refractivity contribution in [1.29, 1.82) is 0 Å². The van der Waals surface area contributed by atoms with E-state index < -0.39 is 10.0 Å². The normalized spacial score (nSPS) is 12.9. The van der Waals surface area contributed by atoms with Crippen LogP contribution in [0.15, 0.2) is 47.4 Å². The van der Waals surface area contributed by atoms with Crippen LogP contribution in [-0.2, 0) is 10.0 Å². The van der Waals surface area contributed by atoms with Gasteiger partial charge in [0.1, 0.15) is 4.90 Å². The van der Waals surface area contributed by atoms with Crippen LogP contribution < -0.4 is 4.72 Å². The number of para-hydroxylation sites is 1. The van der Waals surface area contributed by atoms with Crippen LogP contribution in [0.2, 0.25) is 10.0 Å². The molecule has 0 bridgehead atoms. The van der Waals surface area contributed by atoms with E-state index in [1.165, 1.54) is 12.1 Å². The largest absolute Gasteiger partial charge is 0.279 e. The maximum Gasteiger partial charge on any atom is 0.263 e. The third kappa shape index (κ3) is 3.75. The Bertz CT molecular complexity index is 775. The summed E-state index contributed by atoms with van der Waals surface area (Å²) in [7, 11) is -3.80. The van der Waals surface area contributed by atoms with E-state index in [0.717, 1.165) is 12.0 Å². The molecule has 118 valence electrons. The van der Waals surface area contributed by atoms with Gasteiger partial charge in [-0.2, -0.15) is 0 Å². The molecular weight excluding hydrogens is 341 g/mol. The van der Waals surface area contributed by atoms with Crippen molar-refractivity contribution in [2.24, 2.45) is 0 Å². The van der Waals surface area contributed by atoms with E-state index >= 15 is 0 Å². The first-order chi connectivity index (χ1) is 10.3. The lowest BCUT2D eigenvalue weighted by atomic mass is 9.97. The van der Waals surface area contributed by atoms with Gasteiger partial charge in [0.15, 0.2) is 0 Å². The molecule has 0 aliphatic carbocycles. The first kappa shape index (κ1) is 17.1. The van der Waals surface area contributed by atoms with Gasteiger partial charge in [-0.25, -0.2) is 8.42 Å². The molecule has 0 saturated heterocycles. The average molecular weight is 358 g/mol. The summed E-state index contributed by atoms with van der Waals surface area (Å²) >= 11 is 11.9. The smallest absolute Gasteiger partial charge is 0.263 e. The van der Waals surface area contributed by atoms with Gasteiger partial charge in [-0.15, -0.1) is 0 Å². The standard InChI is InChI=1S/C16H17Cl2NO2S/c1-3-11(2)13-6-4-5-7-15(13)19-22(20,21)16-10-12(17)8-9-14(16)18/h4-11,19H,3H2,1-2H3. The highest BCUT2D eigenvalue weighted by Crippen LogP contribution is 2.31. The van der Waals surface area contributed by atoms with Crippen LogP contribution in [-0.4, -0.2) is 8.42 Å². The van der Waals surface area contributed by atoms with Crippen molar-refractivity contribution in [1.82, 2.24) is 0 Å². The monoisotopic (exact) mass is 357 g/mol. The molecule has 0 aliphatic rings. The zero-order chi connectivity index (χ0) is 16.3. The topological polar surface area (TPSA) is 46.2 Å². The van der Waals surface area contributed by atoms with Gasteiger partial charge in [0.25, 0.3) is 10.0 Å². The average Bonchev–Trinajstić information content (AvgIpc) is 2.49. The first-order valence-corrected chi connectivity index (χ1v) is 9.16. The summed E-state index contributed by atoms with van der Waals surface area (Å²) in [5.41, 5.74) is 1.51. The van der Waals surface area contributed by atoms with E-state index in [0.29, 0.717) is 10.7 Å². The molecule has 6 heteroatoms. The van der Waals surface area contributed by atoms with Crippen molar-refractivity contribution >= 4 is 38.9 Å². The van der Waals surface area contributed by atoms with Crippen LogP contribution in [0.1, 0.15) is 31.7 Å². The van der Waals surface area contributed by atoms with Gasteiger partial charge < -0.3 is 0 Å². The van der Waals surface area contributed by atoms with Gasteiger partial charge in [0.05, 0.1) is 10.7 Å². The van der Waals surface area contributed by atoms with Gasteiger partial charge in [-0.1, -0.05) is 55.2 Å². The van der Waals surface area contributed by atoms with Crippen molar-refractivity contribution < 1.29 is 8.42 Å². The SMILES string of the molecule is CCC(C)c1ccccc1NS(=O)(=O)c1cc(Cl)ccc1Cl. The van der Waals surface area contributed by atoms with Crippen molar-refractivity contribution in [2.45, 2.75) is 31.1 Å². The van der Waals surface area contributed by atoms with Gasteiger partial charge in [0, 0.05) is 5.02 Å². The molecule has 1 atom stereocenters. The maximum atomic E-state index is 12.6. The van der Waals surface area contributed by atoms with E-state index in [2.05, 4.69) is 18.6 Å². The van der Waals surface area contributed by atoms with Crippen LogP contribution >= 0.6 is 23.2 Å². The summed E-state index contributed by atoms with van der Waals surface area (Å²) in [6, 6.07) is 11.7. The molecule has 0 aliphatic heterocycles. The number of halogens is 2. The van der Waals surface area contributed by atoms with Crippen molar-refractivity contribution in [2.75, 3.05) is 4.72 Å². The lowest BCUT2D eigenvalue weighted by molar-refractivity contribution is 0.601. The summed E-state index contributed by atoms with van der Waals surface area (Å²) in [5.74, 6) is 0.244. The first-order valence-electron chi connectivity index (χ1n) is 6.92. The summed E-state index contributed by atoms with van der Waals surface area (Å²) < 4.78 is 27.8. The van der Waals surface area contributed by atoms with E-state index in [9.17, 15) is 8.42 Å². The molecule has 0 spiro atoms. The highest BCUT2D eigenvalue weighted by Gasteiger charge is 2.20. The molecule has 3 nitrogen and oxygen atoms in total. The fourth-order valence-corrected chi connectivity index (χ4v) is 3.97. The van der Waals surface area contributed by atoms with Crippen LogP contribution in [0.3, 0.4) is 0 Å². The van der Waals surface area contributed by atoms with Crippen molar-refractivity contribution in [3.8, 4) is 0 Å². The molecular formula is C16H17Cl2NO2S. The summed E-state index contributed by atoms with van der Waals surface area (Å²) in [6.45, 7) is 4.11. The number of hydrogen-bond acceptors (Lipinski definition) is 2. The Kier molecular flexibility index (Phi) is 5.37.